The van der Waals surface area contributed by atoms with Gasteiger partial charge in [-0.1, -0.05) is 11.6 Å². The predicted octanol–water partition coefficient (Wildman–Crippen LogP) is 1.26. The van der Waals surface area contributed by atoms with Gasteiger partial charge in [-0.2, -0.15) is 4.98 Å². The van der Waals surface area contributed by atoms with Crippen molar-refractivity contribution in [2.24, 2.45) is 5.84 Å². The first-order valence-corrected chi connectivity index (χ1v) is 4.66. The molecule has 3 N–H and O–H groups in total. The summed E-state index contributed by atoms with van der Waals surface area (Å²) in [5.74, 6) is 6.24. The Bertz CT molecular complexity index is 315. The van der Waals surface area contributed by atoms with E-state index < -0.39 is 0 Å². The summed E-state index contributed by atoms with van der Waals surface area (Å²) in [6.07, 6.45) is 1.53. The van der Waals surface area contributed by atoms with Crippen LogP contribution in [0.5, 0.6) is 0 Å². The molecule has 0 atom stereocenters. The molecule has 0 saturated carbocycles. The lowest BCUT2D eigenvalue weighted by molar-refractivity contribution is 0.742. The molecule has 0 aliphatic heterocycles. The molecule has 0 aromatic carbocycles. The number of hydrazine groups is 1. The van der Waals surface area contributed by atoms with Crippen molar-refractivity contribution in [3.8, 4) is 0 Å². The Hall–Kier alpha value is -1.07. The summed E-state index contributed by atoms with van der Waals surface area (Å²) in [7, 11) is 1.92. The van der Waals surface area contributed by atoms with Gasteiger partial charge >= 0.3 is 0 Å². The van der Waals surface area contributed by atoms with E-state index in [1.54, 1.807) is 0 Å². The van der Waals surface area contributed by atoms with E-state index in [-0.39, 0.29) is 0 Å². The number of halogens is 1. The summed E-state index contributed by atoms with van der Waals surface area (Å²) in [4.78, 5) is 10.0. The Balaban J connectivity index is 3.05. The van der Waals surface area contributed by atoms with Crippen LogP contribution in [0.2, 0.25) is 5.02 Å². The zero-order valence-electron chi connectivity index (χ0n) is 8.45. The van der Waals surface area contributed by atoms with Gasteiger partial charge < -0.3 is 4.90 Å². The maximum absolute atomic E-state index is 5.96. The van der Waals surface area contributed by atoms with E-state index in [9.17, 15) is 0 Å². The second-order valence-corrected chi connectivity index (χ2v) is 3.62. The van der Waals surface area contributed by atoms with E-state index in [0.29, 0.717) is 22.8 Å². The molecule has 1 aromatic rings. The van der Waals surface area contributed by atoms with Gasteiger partial charge in [-0.05, 0) is 13.8 Å². The lowest BCUT2D eigenvalue weighted by atomic mass is 10.3. The number of hydrogen-bond acceptors (Lipinski definition) is 5. The summed E-state index contributed by atoms with van der Waals surface area (Å²) in [6, 6.07) is 0.313. The SMILES string of the molecule is CC(C)N(C)c1nc(NN)ncc1Cl. The van der Waals surface area contributed by atoms with Crippen molar-refractivity contribution in [3.63, 3.8) is 0 Å². The van der Waals surface area contributed by atoms with Gasteiger partial charge in [-0.15, -0.1) is 0 Å². The fraction of sp³-hybridized carbons (Fsp3) is 0.500. The average molecular weight is 216 g/mol. The van der Waals surface area contributed by atoms with Crippen LogP contribution in [0, 0.1) is 0 Å². The van der Waals surface area contributed by atoms with Gasteiger partial charge in [0.25, 0.3) is 0 Å². The first-order chi connectivity index (χ1) is 6.56. The van der Waals surface area contributed by atoms with Crippen LogP contribution in [0.25, 0.3) is 0 Å². The number of nitrogens with two attached hydrogens (primary N) is 1. The van der Waals surface area contributed by atoms with Crippen molar-refractivity contribution in [1.82, 2.24) is 9.97 Å². The quantitative estimate of drug-likeness (QED) is 0.587. The minimum absolute atomic E-state index is 0.313. The smallest absolute Gasteiger partial charge is 0.239 e. The van der Waals surface area contributed by atoms with Gasteiger partial charge in [0.1, 0.15) is 5.02 Å². The van der Waals surface area contributed by atoms with Crippen LogP contribution >= 0.6 is 11.6 Å². The van der Waals surface area contributed by atoms with Crippen LogP contribution in [-0.4, -0.2) is 23.1 Å². The van der Waals surface area contributed by atoms with Crippen LogP contribution in [-0.2, 0) is 0 Å². The van der Waals surface area contributed by atoms with Crippen molar-refractivity contribution in [3.05, 3.63) is 11.2 Å². The molecular formula is C8H14ClN5. The Morgan fingerprint density at radius 2 is 2.21 bits per heavy atom. The molecule has 0 fully saturated rings. The fourth-order valence-electron chi connectivity index (χ4n) is 0.920. The number of hydrogen-bond donors (Lipinski definition) is 2. The summed E-state index contributed by atoms with van der Waals surface area (Å²) in [6.45, 7) is 4.10. The Labute approximate surface area is 88.3 Å². The van der Waals surface area contributed by atoms with Gasteiger partial charge in [-0.3, -0.25) is 5.43 Å². The maximum Gasteiger partial charge on any atom is 0.239 e. The zero-order chi connectivity index (χ0) is 10.7. The van der Waals surface area contributed by atoms with Crippen molar-refractivity contribution in [1.29, 1.82) is 0 Å². The van der Waals surface area contributed by atoms with Gasteiger partial charge in [0.15, 0.2) is 5.82 Å². The highest BCUT2D eigenvalue weighted by Gasteiger charge is 2.12. The van der Waals surface area contributed by atoms with E-state index in [0.717, 1.165) is 0 Å². The van der Waals surface area contributed by atoms with Crippen molar-refractivity contribution >= 4 is 23.4 Å². The highest BCUT2D eigenvalue weighted by atomic mass is 35.5. The molecule has 0 aliphatic carbocycles. The van der Waals surface area contributed by atoms with E-state index in [2.05, 4.69) is 15.4 Å². The molecule has 1 rings (SSSR count). The minimum Gasteiger partial charge on any atom is -0.356 e. The third-order valence-electron chi connectivity index (χ3n) is 1.96. The molecule has 5 nitrogen and oxygen atoms in total. The van der Waals surface area contributed by atoms with Crippen LogP contribution in [0.1, 0.15) is 13.8 Å². The molecule has 0 aliphatic rings. The highest BCUT2D eigenvalue weighted by molar-refractivity contribution is 6.32. The largest absolute Gasteiger partial charge is 0.356 e. The van der Waals surface area contributed by atoms with Crippen molar-refractivity contribution < 1.29 is 0 Å². The normalized spacial score (nSPS) is 10.4. The molecule has 0 unspecified atom stereocenters. The molecular weight excluding hydrogens is 202 g/mol. The predicted molar refractivity (Wildman–Crippen MR) is 58.4 cm³/mol. The van der Waals surface area contributed by atoms with Gasteiger partial charge in [0.05, 0.1) is 6.20 Å². The summed E-state index contributed by atoms with van der Waals surface area (Å²) < 4.78 is 0. The fourth-order valence-corrected chi connectivity index (χ4v) is 1.14. The molecule has 78 valence electrons. The van der Waals surface area contributed by atoms with Crippen LogP contribution in [0.4, 0.5) is 11.8 Å². The van der Waals surface area contributed by atoms with E-state index in [4.69, 9.17) is 17.4 Å². The van der Waals surface area contributed by atoms with Crippen molar-refractivity contribution in [2.75, 3.05) is 17.4 Å². The number of nitrogens with one attached hydrogen (secondary N) is 1. The third kappa shape index (κ3) is 2.24. The molecule has 0 saturated heterocycles. The standard InChI is InChI=1S/C8H14ClN5/c1-5(2)14(3)7-6(9)4-11-8(12-7)13-10/h4-5H,10H2,1-3H3,(H,11,12,13). The van der Waals surface area contributed by atoms with Crippen molar-refractivity contribution in [2.45, 2.75) is 19.9 Å². The molecule has 6 heteroatoms. The second kappa shape index (κ2) is 4.43. The molecule has 1 heterocycles. The summed E-state index contributed by atoms with van der Waals surface area (Å²) in [5, 5.41) is 0.514. The van der Waals surface area contributed by atoms with E-state index in [1.165, 1.54) is 6.20 Å². The molecule has 0 amide bonds. The van der Waals surface area contributed by atoms with Crippen LogP contribution in [0.3, 0.4) is 0 Å². The number of aromatic nitrogens is 2. The third-order valence-corrected chi connectivity index (χ3v) is 2.23. The van der Waals surface area contributed by atoms with Crippen LogP contribution in [0.15, 0.2) is 6.20 Å². The molecule has 0 bridgehead atoms. The Morgan fingerprint density at radius 3 is 2.71 bits per heavy atom. The number of rotatable bonds is 3. The monoisotopic (exact) mass is 215 g/mol. The highest BCUT2D eigenvalue weighted by Crippen LogP contribution is 2.23. The number of nitrogens with zero attached hydrogens (tertiary/aromatic N) is 3. The first-order valence-electron chi connectivity index (χ1n) is 4.28. The van der Waals surface area contributed by atoms with E-state index >= 15 is 0 Å². The topological polar surface area (TPSA) is 67.1 Å². The molecule has 14 heavy (non-hydrogen) atoms. The van der Waals surface area contributed by atoms with Crippen LogP contribution < -0.4 is 16.2 Å². The molecule has 1 aromatic heterocycles. The molecule has 0 spiro atoms. The van der Waals surface area contributed by atoms with Gasteiger partial charge in [0, 0.05) is 13.1 Å². The number of nitrogen functional groups attached to an aromatic ring is 1. The Morgan fingerprint density at radius 1 is 1.57 bits per heavy atom. The lowest BCUT2D eigenvalue weighted by Gasteiger charge is -2.23. The van der Waals surface area contributed by atoms with Gasteiger partial charge in [-0.25, -0.2) is 10.8 Å². The zero-order valence-corrected chi connectivity index (χ0v) is 9.21. The Kier molecular flexibility index (Phi) is 3.49. The minimum atomic E-state index is 0.313. The first kappa shape index (κ1) is 11.0. The average Bonchev–Trinajstić information content (AvgIpc) is 2.17. The summed E-state index contributed by atoms with van der Waals surface area (Å²) in [5.41, 5.74) is 2.38. The number of anilines is 2. The van der Waals surface area contributed by atoms with E-state index in [1.807, 2.05) is 25.8 Å². The molecule has 0 radical (unpaired) electrons. The summed E-state index contributed by atoms with van der Waals surface area (Å²) >= 11 is 5.96. The maximum atomic E-state index is 5.96. The lowest BCUT2D eigenvalue weighted by Crippen LogP contribution is -2.27. The van der Waals surface area contributed by atoms with Gasteiger partial charge in [0.2, 0.25) is 5.95 Å². The second-order valence-electron chi connectivity index (χ2n) is 3.21.